The van der Waals surface area contributed by atoms with Crippen molar-refractivity contribution in [2.24, 2.45) is 0 Å². The number of pyridine rings is 2. The first-order chi connectivity index (χ1) is 31.9. The molecule has 66 heavy (non-hydrogen) atoms. The highest BCUT2D eigenvalue weighted by molar-refractivity contribution is 9.10. The van der Waals surface area contributed by atoms with E-state index < -0.39 is 0 Å². The summed E-state index contributed by atoms with van der Waals surface area (Å²) in [5, 5.41) is 0. The molecule has 0 atom stereocenters. The van der Waals surface area contributed by atoms with Crippen molar-refractivity contribution in [2.45, 2.75) is 52.4 Å². The Balaban J connectivity index is 1.42. The summed E-state index contributed by atoms with van der Waals surface area (Å²) in [7, 11) is 0. The number of hydrogen-bond acceptors (Lipinski definition) is 5. The standard InChI is InChI=1S/C60H54BrN5/c1-59(2,3)56-37-21-35-54(62-56)52-33-20-34-53(55-36-22-38-57(63-55)60(4,5)6)58(52)66(48-32-19-23-43(61)39-48)51-41-49(64(44-24-11-7-12-25-44)45-26-13-8-14-27-45)40-50(42-51)65(46-28-15-9-16-29-46)47-30-17-10-18-31-47/h7-42H,1-6H3. The monoisotopic (exact) mass is 923 g/mol. The van der Waals surface area contributed by atoms with Gasteiger partial charge < -0.3 is 14.7 Å². The fourth-order valence-corrected chi connectivity index (χ4v) is 8.78. The van der Waals surface area contributed by atoms with Gasteiger partial charge >= 0.3 is 0 Å². The van der Waals surface area contributed by atoms with Gasteiger partial charge in [0.15, 0.2) is 0 Å². The second-order valence-corrected chi connectivity index (χ2v) is 19.5. The predicted octanol–water partition coefficient (Wildman–Crippen LogP) is 17.6. The molecule has 9 rings (SSSR count). The van der Waals surface area contributed by atoms with Crippen LogP contribution in [0.4, 0.5) is 51.2 Å². The number of anilines is 9. The maximum Gasteiger partial charge on any atom is 0.0726 e. The molecule has 326 valence electrons. The van der Waals surface area contributed by atoms with Crippen LogP contribution in [0.1, 0.15) is 52.9 Å². The summed E-state index contributed by atoms with van der Waals surface area (Å²) in [4.78, 5) is 18.0. The van der Waals surface area contributed by atoms with Crippen molar-refractivity contribution in [1.82, 2.24) is 9.97 Å². The zero-order chi connectivity index (χ0) is 45.8. The molecule has 0 spiro atoms. The van der Waals surface area contributed by atoms with Crippen LogP contribution in [0.5, 0.6) is 0 Å². The lowest BCUT2D eigenvalue weighted by Gasteiger charge is -2.34. The molecule has 0 amide bonds. The van der Waals surface area contributed by atoms with Crippen LogP contribution in [0, 0.1) is 0 Å². The van der Waals surface area contributed by atoms with E-state index in [0.717, 1.165) is 89.6 Å². The Bertz CT molecular complexity index is 2810. The first kappa shape index (κ1) is 43.9. The number of para-hydroxylation sites is 5. The largest absolute Gasteiger partial charge is 0.310 e. The number of rotatable bonds is 11. The van der Waals surface area contributed by atoms with Gasteiger partial charge in [0.1, 0.15) is 0 Å². The first-order valence-corrected chi connectivity index (χ1v) is 23.3. The van der Waals surface area contributed by atoms with Gasteiger partial charge in [-0.25, -0.2) is 0 Å². The van der Waals surface area contributed by atoms with Gasteiger partial charge in [-0.2, -0.15) is 0 Å². The normalized spacial score (nSPS) is 11.6. The smallest absolute Gasteiger partial charge is 0.0726 e. The van der Waals surface area contributed by atoms with E-state index in [0.29, 0.717) is 0 Å². The Kier molecular flexibility index (Phi) is 12.4. The van der Waals surface area contributed by atoms with Crippen molar-refractivity contribution < 1.29 is 0 Å². The quantitative estimate of drug-likeness (QED) is 0.129. The van der Waals surface area contributed by atoms with Crippen molar-refractivity contribution in [3.8, 4) is 22.5 Å². The second-order valence-electron chi connectivity index (χ2n) is 18.6. The molecule has 0 saturated heterocycles. The van der Waals surface area contributed by atoms with E-state index in [4.69, 9.17) is 9.97 Å². The third-order valence-electron chi connectivity index (χ3n) is 11.6. The summed E-state index contributed by atoms with van der Waals surface area (Å²) >= 11 is 3.90. The molecular formula is C60H54BrN5. The van der Waals surface area contributed by atoms with Crippen LogP contribution in [-0.2, 0) is 10.8 Å². The predicted molar refractivity (Wildman–Crippen MR) is 282 cm³/mol. The average Bonchev–Trinajstić information content (AvgIpc) is 3.33. The highest BCUT2D eigenvalue weighted by atomic mass is 79.9. The number of hydrogen-bond donors (Lipinski definition) is 0. The first-order valence-electron chi connectivity index (χ1n) is 22.5. The Morgan fingerprint density at radius 1 is 0.318 bits per heavy atom. The van der Waals surface area contributed by atoms with E-state index >= 15 is 0 Å². The molecule has 7 aromatic carbocycles. The number of nitrogens with zero attached hydrogens (tertiary/aromatic N) is 5. The molecular weight excluding hydrogens is 871 g/mol. The molecule has 9 aromatic rings. The Morgan fingerprint density at radius 3 is 1.02 bits per heavy atom. The number of benzene rings is 7. The highest BCUT2D eigenvalue weighted by Gasteiger charge is 2.28. The lowest BCUT2D eigenvalue weighted by Crippen LogP contribution is -2.18. The van der Waals surface area contributed by atoms with Gasteiger partial charge in [-0.05, 0) is 109 Å². The number of aromatic nitrogens is 2. The molecule has 0 bridgehead atoms. The zero-order valence-corrected chi connectivity index (χ0v) is 40.0. The molecule has 0 aliphatic heterocycles. The van der Waals surface area contributed by atoms with E-state index in [1.807, 2.05) is 0 Å². The topological polar surface area (TPSA) is 35.5 Å². The van der Waals surface area contributed by atoms with Crippen molar-refractivity contribution >= 4 is 67.1 Å². The van der Waals surface area contributed by atoms with Gasteiger partial charge in [0, 0.05) is 66.3 Å². The molecule has 0 fully saturated rings. The van der Waals surface area contributed by atoms with Gasteiger partial charge in [0.25, 0.3) is 0 Å². The summed E-state index contributed by atoms with van der Waals surface area (Å²) in [6.07, 6.45) is 0. The molecule has 0 unspecified atom stereocenters. The summed E-state index contributed by atoms with van der Waals surface area (Å²) in [6.45, 7) is 13.3. The van der Waals surface area contributed by atoms with Crippen molar-refractivity contribution in [2.75, 3.05) is 14.7 Å². The highest BCUT2D eigenvalue weighted by Crippen LogP contribution is 2.50. The zero-order valence-electron chi connectivity index (χ0n) is 38.4. The molecule has 2 aromatic heterocycles. The lowest BCUT2D eigenvalue weighted by atomic mass is 9.90. The molecule has 2 heterocycles. The molecule has 5 nitrogen and oxygen atoms in total. The molecule has 0 aliphatic rings. The van der Waals surface area contributed by atoms with Crippen molar-refractivity contribution in [1.29, 1.82) is 0 Å². The van der Waals surface area contributed by atoms with Crippen LogP contribution in [0.2, 0.25) is 0 Å². The van der Waals surface area contributed by atoms with Crippen molar-refractivity contribution in [3.63, 3.8) is 0 Å². The third kappa shape index (κ3) is 9.42. The van der Waals surface area contributed by atoms with Crippen LogP contribution >= 0.6 is 15.9 Å². The summed E-state index contributed by atoms with van der Waals surface area (Å²) in [6, 6.07) is 77.3. The summed E-state index contributed by atoms with van der Waals surface area (Å²) in [5.74, 6) is 0. The van der Waals surface area contributed by atoms with Crippen LogP contribution in [0.15, 0.2) is 223 Å². The maximum absolute atomic E-state index is 5.43. The Labute approximate surface area is 398 Å². The van der Waals surface area contributed by atoms with Crippen LogP contribution < -0.4 is 14.7 Å². The van der Waals surface area contributed by atoms with Crippen molar-refractivity contribution in [3.05, 3.63) is 234 Å². The van der Waals surface area contributed by atoms with Gasteiger partial charge in [-0.3, -0.25) is 9.97 Å². The van der Waals surface area contributed by atoms with Gasteiger partial charge in [0.2, 0.25) is 0 Å². The molecule has 0 radical (unpaired) electrons. The summed E-state index contributed by atoms with van der Waals surface area (Å²) < 4.78 is 0.964. The molecule has 0 N–H and O–H groups in total. The minimum Gasteiger partial charge on any atom is -0.310 e. The fourth-order valence-electron chi connectivity index (χ4n) is 8.39. The SMILES string of the molecule is CC(C)(C)c1cccc(-c2cccc(-c3cccc(C(C)(C)C)n3)c2N(c2cccc(Br)c2)c2cc(N(c3ccccc3)c3ccccc3)cc(N(c3ccccc3)c3ccccc3)c2)n1. The maximum atomic E-state index is 5.43. The summed E-state index contributed by atoms with van der Waals surface area (Å²) in [5.41, 5.74) is 14.5. The van der Waals surface area contributed by atoms with Gasteiger partial charge in [-0.15, -0.1) is 0 Å². The minimum absolute atomic E-state index is 0.166. The number of halogens is 1. The second kappa shape index (κ2) is 18.7. The Hall–Kier alpha value is -7.28. The average molecular weight is 925 g/mol. The molecule has 0 aliphatic carbocycles. The fraction of sp³-hybridized carbons (Fsp3) is 0.133. The third-order valence-corrected chi connectivity index (χ3v) is 12.1. The Morgan fingerprint density at radius 2 is 0.652 bits per heavy atom. The van der Waals surface area contributed by atoms with E-state index in [1.165, 1.54) is 0 Å². The van der Waals surface area contributed by atoms with Gasteiger partial charge in [-0.1, -0.05) is 167 Å². The molecule has 0 saturated carbocycles. The van der Waals surface area contributed by atoms with Crippen LogP contribution in [0.25, 0.3) is 22.5 Å². The van der Waals surface area contributed by atoms with E-state index in [-0.39, 0.29) is 10.8 Å². The van der Waals surface area contributed by atoms with E-state index in [2.05, 4.69) is 291 Å². The minimum atomic E-state index is -0.166. The van der Waals surface area contributed by atoms with Crippen LogP contribution in [-0.4, -0.2) is 9.97 Å². The molecule has 6 heteroatoms. The van der Waals surface area contributed by atoms with E-state index in [1.54, 1.807) is 0 Å². The van der Waals surface area contributed by atoms with Gasteiger partial charge in [0.05, 0.1) is 34.1 Å². The van der Waals surface area contributed by atoms with Crippen LogP contribution in [0.3, 0.4) is 0 Å². The van der Waals surface area contributed by atoms with E-state index in [9.17, 15) is 0 Å². The lowest BCUT2D eigenvalue weighted by molar-refractivity contribution is 0.569.